The van der Waals surface area contributed by atoms with E-state index in [0.717, 1.165) is 0 Å². The van der Waals surface area contributed by atoms with Crippen molar-refractivity contribution in [1.29, 1.82) is 0 Å². The van der Waals surface area contributed by atoms with Gasteiger partial charge < -0.3 is 5.73 Å². The number of hydrogen-bond acceptors (Lipinski definition) is 1. The van der Waals surface area contributed by atoms with Gasteiger partial charge in [0, 0.05) is 0 Å². The molecule has 2 aliphatic rings. The quantitative estimate of drug-likeness (QED) is 0.524. The fraction of sp³-hybridized carbons (Fsp3) is 1.00. The molecule has 0 aromatic carbocycles. The third-order valence-corrected chi connectivity index (χ3v) is 3.42. The average molecular weight is 150 g/mol. The van der Waals surface area contributed by atoms with Crippen LogP contribution in [0.25, 0.3) is 0 Å². The van der Waals surface area contributed by atoms with Gasteiger partial charge in [-0.3, -0.25) is 0 Å². The summed E-state index contributed by atoms with van der Waals surface area (Å²) in [5.74, 6) is 0. The van der Waals surface area contributed by atoms with Crippen LogP contribution in [0.4, 0.5) is 0 Å². The Labute approximate surface area is 70.0 Å². The van der Waals surface area contributed by atoms with Crippen LogP contribution in [-0.2, 0) is 0 Å². The smallest absolute Gasteiger partial charge is 0.144 e. The summed E-state index contributed by atoms with van der Waals surface area (Å²) in [4.78, 5) is 0. The molecular formula is C9H17BN. The molecule has 0 aromatic rings. The van der Waals surface area contributed by atoms with Crippen molar-refractivity contribution in [1.82, 2.24) is 0 Å². The number of nitrogens with two attached hydrogens (primary N) is 1. The van der Waals surface area contributed by atoms with Gasteiger partial charge >= 0.3 is 0 Å². The molecule has 0 aromatic heterocycles. The Kier molecular flexibility index (Phi) is 1.57. The van der Waals surface area contributed by atoms with Gasteiger partial charge in [-0.2, -0.15) is 0 Å². The predicted octanol–water partition coefficient (Wildman–Crippen LogP) is 1.89. The maximum atomic E-state index is 6.23. The van der Waals surface area contributed by atoms with Crippen molar-refractivity contribution < 1.29 is 0 Å². The summed E-state index contributed by atoms with van der Waals surface area (Å²) in [5.41, 5.74) is 6.35. The molecule has 0 saturated carbocycles. The summed E-state index contributed by atoms with van der Waals surface area (Å²) in [6, 6.07) is 0. The van der Waals surface area contributed by atoms with Gasteiger partial charge in [0.05, 0.1) is 0 Å². The Hall–Kier alpha value is 0.0249. The van der Waals surface area contributed by atoms with E-state index in [-0.39, 0.29) is 5.44 Å². The minimum absolute atomic E-state index is 0.116. The van der Waals surface area contributed by atoms with Crippen molar-refractivity contribution in [2.45, 2.75) is 56.2 Å². The minimum Gasteiger partial charge on any atom is -0.332 e. The lowest BCUT2D eigenvalue weighted by Gasteiger charge is -2.48. The molecule has 1 radical (unpaired) electrons. The maximum absolute atomic E-state index is 6.23. The molecule has 61 valence electrons. The Morgan fingerprint density at radius 2 is 1.64 bits per heavy atom. The second kappa shape index (κ2) is 2.26. The summed E-state index contributed by atoms with van der Waals surface area (Å²) in [5, 5.41) is 0.491. The first kappa shape index (κ1) is 7.66. The molecule has 2 heteroatoms. The SMILES string of the molecule is CC12[B]C(N)(CCC1)CCC2. The van der Waals surface area contributed by atoms with Crippen molar-refractivity contribution in [3.8, 4) is 0 Å². The van der Waals surface area contributed by atoms with E-state index in [0.29, 0.717) is 5.31 Å². The molecule has 2 bridgehead atoms. The molecule has 2 N–H and O–H groups in total. The van der Waals surface area contributed by atoms with E-state index in [1.807, 2.05) is 0 Å². The molecule has 2 heterocycles. The van der Waals surface area contributed by atoms with Gasteiger partial charge in [0.2, 0.25) is 0 Å². The highest BCUT2D eigenvalue weighted by Crippen LogP contribution is 2.48. The highest BCUT2D eigenvalue weighted by atomic mass is 14.7. The molecular weight excluding hydrogens is 133 g/mol. The van der Waals surface area contributed by atoms with Gasteiger partial charge in [-0.25, -0.2) is 0 Å². The topological polar surface area (TPSA) is 26.0 Å². The van der Waals surface area contributed by atoms with Gasteiger partial charge in [-0.1, -0.05) is 37.9 Å². The molecule has 2 saturated heterocycles. The van der Waals surface area contributed by atoms with E-state index in [4.69, 9.17) is 5.73 Å². The van der Waals surface area contributed by atoms with Crippen molar-refractivity contribution in [2.75, 3.05) is 0 Å². The molecule has 0 amide bonds. The molecule has 0 aliphatic carbocycles. The largest absolute Gasteiger partial charge is 0.332 e. The van der Waals surface area contributed by atoms with Crippen LogP contribution in [-0.4, -0.2) is 12.7 Å². The zero-order chi connectivity index (χ0) is 7.95. The van der Waals surface area contributed by atoms with Crippen molar-refractivity contribution in [3.63, 3.8) is 0 Å². The van der Waals surface area contributed by atoms with Crippen LogP contribution < -0.4 is 5.73 Å². The van der Waals surface area contributed by atoms with Crippen LogP contribution in [0.1, 0.15) is 45.4 Å². The van der Waals surface area contributed by atoms with Gasteiger partial charge in [0.1, 0.15) is 7.28 Å². The second-order valence-electron chi connectivity index (χ2n) is 4.74. The first-order valence-electron chi connectivity index (χ1n) is 4.78. The average Bonchev–Trinajstić information content (AvgIpc) is 1.83. The lowest BCUT2D eigenvalue weighted by Crippen LogP contribution is -2.55. The summed E-state index contributed by atoms with van der Waals surface area (Å²) in [6.45, 7) is 2.37. The number of hydrogen-bond donors (Lipinski definition) is 1. The van der Waals surface area contributed by atoms with E-state index in [1.54, 1.807) is 0 Å². The molecule has 0 unspecified atom stereocenters. The number of fused-ring (bicyclic) bond motifs is 2. The Morgan fingerprint density at radius 1 is 1.09 bits per heavy atom. The van der Waals surface area contributed by atoms with Crippen LogP contribution in [0.3, 0.4) is 0 Å². The summed E-state index contributed by atoms with van der Waals surface area (Å²) in [7, 11) is 2.44. The Balaban J connectivity index is 2.16. The molecule has 0 spiro atoms. The number of rotatable bonds is 0. The highest BCUT2D eigenvalue weighted by molar-refractivity contribution is 6.45. The van der Waals surface area contributed by atoms with E-state index >= 15 is 0 Å². The first-order chi connectivity index (χ1) is 5.12. The van der Waals surface area contributed by atoms with E-state index in [9.17, 15) is 0 Å². The van der Waals surface area contributed by atoms with Gasteiger partial charge in [-0.15, -0.1) is 0 Å². The van der Waals surface area contributed by atoms with Crippen LogP contribution in [0, 0.1) is 0 Å². The molecule has 0 atom stereocenters. The van der Waals surface area contributed by atoms with Crippen LogP contribution in [0.2, 0.25) is 5.31 Å². The zero-order valence-corrected chi connectivity index (χ0v) is 7.40. The maximum Gasteiger partial charge on any atom is 0.144 e. The van der Waals surface area contributed by atoms with E-state index in [1.165, 1.54) is 38.5 Å². The third kappa shape index (κ3) is 1.33. The third-order valence-electron chi connectivity index (χ3n) is 3.42. The van der Waals surface area contributed by atoms with E-state index in [2.05, 4.69) is 14.2 Å². The molecule has 2 fully saturated rings. The van der Waals surface area contributed by atoms with Gasteiger partial charge in [0.25, 0.3) is 0 Å². The fourth-order valence-electron chi connectivity index (χ4n) is 2.88. The standard InChI is InChI=1S/C9H17BN/c1-8-4-2-6-9(11,10-8)7-3-5-8/h2-7,11H2,1H3. The molecule has 11 heavy (non-hydrogen) atoms. The van der Waals surface area contributed by atoms with Crippen molar-refractivity contribution in [3.05, 3.63) is 0 Å². The van der Waals surface area contributed by atoms with Crippen LogP contribution in [0.15, 0.2) is 0 Å². The zero-order valence-electron chi connectivity index (χ0n) is 7.40. The van der Waals surface area contributed by atoms with Crippen LogP contribution in [0.5, 0.6) is 0 Å². The summed E-state index contributed by atoms with van der Waals surface area (Å²) >= 11 is 0. The first-order valence-corrected chi connectivity index (χ1v) is 4.78. The van der Waals surface area contributed by atoms with Crippen molar-refractivity contribution >= 4 is 7.28 Å². The van der Waals surface area contributed by atoms with Gasteiger partial charge in [-0.05, 0) is 18.3 Å². The molecule has 2 aliphatic heterocycles. The molecule has 2 rings (SSSR count). The van der Waals surface area contributed by atoms with Gasteiger partial charge in [0.15, 0.2) is 0 Å². The predicted molar refractivity (Wildman–Crippen MR) is 48.7 cm³/mol. The Bertz CT molecular complexity index is 141. The van der Waals surface area contributed by atoms with E-state index < -0.39 is 0 Å². The normalized spacial score (nSPS) is 50.0. The highest BCUT2D eigenvalue weighted by Gasteiger charge is 2.43. The lowest BCUT2D eigenvalue weighted by atomic mass is 9.33. The van der Waals surface area contributed by atoms with Crippen molar-refractivity contribution in [2.24, 2.45) is 5.73 Å². The second-order valence-corrected chi connectivity index (χ2v) is 4.74. The minimum atomic E-state index is 0.116. The lowest BCUT2D eigenvalue weighted by molar-refractivity contribution is 0.308. The fourth-order valence-corrected chi connectivity index (χ4v) is 2.88. The Morgan fingerprint density at radius 3 is 2.00 bits per heavy atom. The molecule has 1 nitrogen and oxygen atoms in total. The summed E-state index contributed by atoms with van der Waals surface area (Å²) in [6.07, 6.45) is 7.86. The summed E-state index contributed by atoms with van der Waals surface area (Å²) < 4.78 is 0. The monoisotopic (exact) mass is 150 g/mol. The van der Waals surface area contributed by atoms with Crippen LogP contribution >= 0.6 is 0 Å².